The van der Waals surface area contributed by atoms with Crippen molar-refractivity contribution in [3.63, 3.8) is 0 Å². The summed E-state index contributed by atoms with van der Waals surface area (Å²) in [7, 11) is 0. The molecule has 2 rings (SSSR count). The lowest BCUT2D eigenvalue weighted by Gasteiger charge is -2.20. The first-order chi connectivity index (χ1) is 9.47. The molecule has 0 bridgehead atoms. The number of Topliss-reactive ketones (excluding diaryl/α,β-unsaturated/α-hetero) is 1. The Labute approximate surface area is 121 Å². The molecule has 0 aromatic heterocycles. The molecule has 3 nitrogen and oxygen atoms in total. The summed E-state index contributed by atoms with van der Waals surface area (Å²) >= 11 is 0. The third kappa shape index (κ3) is 3.47. The highest BCUT2D eigenvalue weighted by Crippen LogP contribution is 2.18. The third-order valence-electron chi connectivity index (χ3n) is 4.11. The predicted octanol–water partition coefficient (Wildman–Crippen LogP) is 3.13. The predicted molar refractivity (Wildman–Crippen MR) is 79.8 cm³/mol. The smallest absolute Gasteiger partial charge is 0.222 e. The van der Waals surface area contributed by atoms with Crippen molar-refractivity contribution in [1.29, 1.82) is 0 Å². The molecular weight excluding hydrogens is 250 g/mol. The average Bonchev–Trinajstić information content (AvgIpc) is 2.54. The summed E-state index contributed by atoms with van der Waals surface area (Å²) in [5, 5.41) is 0. The van der Waals surface area contributed by atoms with Crippen molar-refractivity contribution in [2.24, 2.45) is 5.92 Å². The quantitative estimate of drug-likeness (QED) is 0.793. The maximum absolute atomic E-state index is 12.4. The molecule has 0 spiro atoms. The van der Waals surface area contributed by atoms with E-state index in [2.05, 4.69) is 6.92 Å². The number of rotatable bonds is 3. The molecule has 1 aromatic carbocycles. The van der Waals surface area contributed by atoms with Gasteiger partial charge in [0.25, 0.3) is 0 Å². The Balaban J connectivity index is 2.08. The zero-order valence-corrected chi connectivity index (χ0v) is 12.6. The molecule has 0 N–H and O–H groups in total. The van der Waals surface area contributed by atoms with Gasteiger partial charge in [0.2, 0.25) is 5.91 Å². The minimum atomic E-state index is 0.0467. The Morgan fingerprint density at radius 1 is 1.30 bits per heavy atom. The molecule has 1 aromatic rings. The molecule has 0 saturated carbocycles. The topological polar surface area (TPSA) is 37.4 Å². The van der Waals surface area contributed by atoms with Crippen LogP contribution in [0.3, 0.4) is 0 Å². The maximum atomic E-state index is 12.4. The van der Waals surface area contributed by atoms with Gasteiger partial charge in [-0.2, -0.15) is 0 Å². The summed E-state index contributed by atoms with van der Waals surface area (Å²) in [4.78, 5) is 26.2. The number of ketones is 1. The van der Waals surface area contributed by atoms with Crippen molar-refractivity contribution in [1.82, 2.24) is 4.90 Å². The van der Waals surface area contributed by atoms with E-state index in [0.717, 1.165) is 29.5 Å². The molecule has 1 atom stereocenters. The lowest BCUT2D eigenvalue weighted by atomic mass is 10.0. The highest BCUT2D eigenvalue weighted by molar-refractivity contribution is 6.00. The number of likely N-dealkylation sites (tertiary alicyclic amines) is 1. The van der Waals surface area contributed by atoms with Crippen molar-refractivity contribution in [2.75, 3.05) is 13.1 Å². The Bertz CT molecular complexity index is 522. The molecule has 0 aliphatic carbocycles. The van der Waals surface area contributed by atoms with Crippen molar-refractivity contribution < 1.29 is 9.59 Å². The minimum Gasteiger partial charge on any atom is -0.335 e. The van der Waals surface area contributed by atoms with Crippen molar-refractivity contribution in [2.45, 2.75) is 40.0 Å². The summed E-state index contributed by atoms with van der Waals surface area (Å²) in [5.74, 6) is 0.734. The van der Waals surface area contributed by atoms with Gasteiger partial charge in [0.15, 0.2) is 5.78 Å². The van der Waals surface area contributed by atoms with Crippen LogP contribution in [0.25, 0.3) is 0 Å². The molecule has 1 amide bonds. The first-order valence-corrected chi connectivity index (χ1v) is 7.35. The van der Waals surface area contributed by atoms with Crippen LogP contribution in [-0.2, 0) is 4.79 Å². The summed E-state index contributed by atoms with van der Waals surface area (Å²) < 4.78 is 0. The zero-order chi connectivity index (χ0) is 14.7. The lowest BCUT2D eigenvalue weighted by molar-refractivity contribution is -0.130. The number of hydrogen-bond acceptors (Lipinski definition) is 2. The number of carbonyl (C=O) groups is 2. The molecule has 1 heterocycles. The van der Waals surface area contributed by atoms with Gasteiger partial charge in [-0.3, -0.25) is 9.59 Å². The maximum Gasteiger partial charge on any atom is 0.222 e. The van der Waals surface area contributed by atoms with Crippen molar-refractivity contribution >= 4 is 11.7 Å². The number of benzene rings is 1. The lowest BCUT2D eigenvalue weighted by Crippen LogP contribution is -2.35. The van der Waals surface area contributed by atoms with Crippen LogP contribution in [-0.4, -0.2) is 29.7 Å². The van der Waals surface area contributed by atoms with Crippen LogP contribution in [0.1, 0.15) is 47.7 Å². The first-order valence-electron chi connectivity index (χ1n) is 7.35. The fourth-order valence-corrected chi connectivity index (χ4v) is 2.73. The fraction of sp³-hybridized carbons (Fsp3) is 0.529. The van der Waals surface area contributed by atoms with Gasteiger partial charge in [-0.1, -0.05) is 30.7 Å². The van der Waals surface area contributed by atoms with Gasteiger partial charge < -0.3 is 4.90 Å². The molecular formula is C17H23NO2. The molecule has 108 valence electrons. The summed E-state index contributed by atoms with van der Waals surface area (Å²) in [6.07, 6.45) is 2.50. The van der Waals surface area contributed by atoms with Crippen molar-refractivity contribution in [3.8, 4) is 0 Å². The molecule has 1 fully saturated rings. The summed E-state index contributed by atoms with van der Waals surface area (Å²) in [5.41, 5.74) is 2.88. The molecule has 3 heteroatoms. The van der Waals surface area contributed by atoms with Crippen LogP contribution in [0.5, 0.6) is 0 Å². The first kappa shape index (κ1) is 14.8. The minimum absolute atomic E-state index is 0.0467. The molecule has 1 saturated heterocycles. The van der Waals surface area contributed by atoms with E-state index in [9.17, 15) is 9.59 Å². The van der Waals surface area contributed by atoms with Gasteiger partial charge in [0.05, 0.1) is 6.54 Å². The SMILES string of the molecule is Cc1ccc(C(=O)CN2CCC(C)CCC2=O)c(C)c1. The number of aryl methyl sites for hydroxylation is 2. The molecule has 20 heavy (non-hydrogen) atoms. The Morgan fingerprint density at radius 2 is 2.05 bits per heavy atom. The Kier molecular flexibility index (Phi) is 4.58. The Hall–Kier alpha value is -1.64. The number of amides is 1. The molecule has 1 unspecified atom stereocenters. The highest BCUT2D eigenvalue weighted by atomic mass is 16.2. The zero-order valence-electron chi connectivity index (χ0n) is 12.6. The van der Waals surface area contributed by atoms with E-state index in [-0.39, 0.29) is 18.2 Å². The second kappa shape index (κ2) is 6.21. The van der Waals surface area contributed by atoms with Gasteiger partial charge in [-0.05, 0) is 38.2 Å². The number of nitrogens with zero attached hydrogens (tertiary/aromatic N) is 1. The van der Waals surface area contributed by atoms with Crippen LogP contribution in [0.2, 0.25) is 0 Å². The van der Waals surface area contributed by atoms with Gasteiger partial charge in [0, 0.05) is 18.5 Å². The van der Waals surface area contributed by atoms with Crippen molar-refractivity contribution in [3.05, 3.63) is 34.9 Å². The van der Waals surface area contributed by atoms with Gasteiger partial charge >= 0.3 is 0 Å². The van der Waals surface area contributed by atoms with E-state index in [4.69, 9.17) is 0 Å². The van der Waals surface area contributed by atoms with Gasteiger partial charge in [-0.25, -0.2) is 0 Å². The molecule has 1 aliphatic rings. The molecule has 0 radical (unpaired) electrons. The highest BCUT2D eigenvalue weighted by Gasteiger charge is 2.23. The van der Waals surface area contributed by atoms with Crippen LogP contribution in [0.15, 0.2) is 18.2 Å². The van der Waals surface area contributed by atoms with E-state index in [1.165, 1.54) is 0 Å². The number of carbonyl (C=O) groups excluding carboxylic acids is 2. The van der Waals surface area contributed by atoms with E-state index >= 15 is 0 Å². The largest absolute Gasteiger partial charge is 0.335 e. The normalized spacial score (nSPS) is 19.9. The second-order valence-electron chi connectivity index (χ2n) is 5.99. The fourth-order valence-electron chi connectivity index (χ4n) is 2.73. The van der Waals surface area contributed by atoms with Crippen LogP contribution >= 0.6 is 0 Å². The van der Waals surface area contributed by atoms with E-state index in [1.54, 1.807) is 4.90 Å². The van der Waals surface area contributed by atoms with E-state index < -0.39 is 0 Å². The molecule has 1 aliphatic heterocycles. The summed E-state index contributed by atoms with van der Waals surface area (Å²) in [6, 6.07) is 5.84. The van der Waals surface area contributed by atoms with E-state index in [0.29, 0.717) is 18.9 Å². The van der Waals surface area contributed by atoms with Crippen LogP contribution in [0, 0.1) is 19.8 Å². The second-order valence-corrected chi connectivity index (χ2v) is 5.99. The Morgan fingerprint density at radius 3 is 2.75 bits per heavy atom. The number of hydrogen-bond donors (Lipinski definition) is 0. The summed E-state index contributed by atoms with van der Waals surface area (Å²) in [6.45, 7) is 7.06. The van der Waals surface area contributed by atoms with Crippen LogP contribution < -0.4 is 0 Å². The van der Waals surface area contributed by atoms with Gasteiger partial charge in [-0.15, -0.1) is 0 Å². The standard InChI is InChI=1S/C17H23NO2/c1-12-5-7-17(20)18(9-8-12)11-16(19)15-6-4-13(2)10-14(15)3/h4,6,10,12H,5,7-9,11H2,1-3H3. The van der Waals surface area contributed by atoms with Gasteiger partial charge in [0.1, 0.15) is 0 Å². The monoisotopic (exact) mass is 273 g/mol. The van der Waals surface area contributed by atoms with Crippen LogP contribution in [0.4, 0.5) is 0 Å². The average molecular weight is 273 g/mol. The van der Waals surface area contributed by atoms with E-state index in [1.807, 2.05) is 32.0 Å². The third-order valence-corrected chi connectivity index (χ3v) is 4.11.